The van der Waals surface area contributed by atoms with Crippen molar-refractivity contribution >= 4 is 22.4 Å². The minimum Gasteiger partial charge on any atom is -0.464 e. The number of thiazole rings is 1. The first kappa shape index (κ1) is 11.6. The highest BCUT2D eigenvalue weighted by Crippen LogP contribution is 2.17. The van der Waals surface area contributed by atoms with E-state index in [1.807, 2.05) is 13.0 Å². The number of hydrogen-bond acceptors (Lipinski definition) is 7. The molecule has 0 bridgehead atoms. The summed E-state index contributed by atoms with van der Waals surface area (Å²) in [6.07, 6.45) is 0. The minimum absolute atomic E-state index is 0.300. The summed E-state index contributed by atoms with van der Waals surface area (Å²) in [4.78, 5) is 15.2. The lowest BCUT2D eigenvalue weighted by atomic mass is 10.4. The van der Waals surface area contributed by atoms with Crippen molar-refractivity contribution in [2.24, 2.45) is 0 Å². The van der Waals surface area contributed by atoms with Gasteiger partial charge >= 0.3 is 5.97 Å². The summed E-state index contributed by atoms with van der Waals surface area (Å²) in [6, 6.07) is 1.84. The molecule has 0 atom stereocenters. The molecule has 0 unspecified atom stereocenters. The number of carbonyl (C=O) groups is 1. The van der Waals surface area contributed by atoms with Crippen molar-refractivity contribution in [3.05, 3.63) is 28.6 Å². The molecule has 0 radical (unpaired) electrons. The molecular formula is C10H11N3O3S. The molecule has 0 aliphatic carbocycles. The van der Waals surface area contributed by atoms with Crippen LogP contribution < -0.4 is 5.32 Å². The van der Waals surface area contributed by atoms with E-state index in [9.17, 15) is 4.79 Å². The monoisotopic (exact) mass is 253 g/mol. The molecule has 0 amide bonds. The Kier molecular flexibility index (Phi) is 3.38. The second-order valence-electron chi connectivity index (χ2n) is 3.32. The number of nitrogens with one attached hydrogen (secondary N) is 1. The van der Waals surface area contributed by atoms with Crippen LogP contribution in [0.1, 0.15) is 21.9 Å². The van der Waals surface area contributed by atoms with Gasteiger partial charge in [-0.1, -0.05) is 5.16 Å². The second kappa shape index (κ2) is 4.96. The van der Waals surface area contributed by atoms with E-state index in [4.69, 9.17) is 4.52 Å². The number of anilines is 1. The van der Waals surface area contributed by atoms with Crippen molar-refractivity contribution in [3.8, 4) is 0 Å². The van der Waals surface area contributed by atoms with Gasteiger partial charge < -0.3 is 14.6 Å². The molecule has 0 aliphatic heterocycles. The predicted molar refractivity (Wildman–Crippen MR) is 62.0 cm³/mol. The molecule has 2 aromatic heterocycles. The van der Waals surface area contributed by atoms with Gasteiger partial charge in [0.25, 0.3) is 0 Å². The zero-order chi connectivity index (χ0) is 12.3. The van der Waals surface area contributed by atoms with Gasteiger partial charge in [-0.3, -0.25) is 0 Å². The Morgan fingerprint density at radius 2 is 2.47 bits per heavy atom. The first-order valence-corrected chi connectivity index (χ1v) is 5.77. The van der Waals surface area contributed by atoms with Crippen LogP contribution in [-0.2, 0) is 11.3 Å². The van der Waals surface area contributed by atoms with E-state index in [0.717, 1.165) is 11.5 Å². The molecular weight excluding hydrogens is 242 g/mol. The Balaban J connectivity index is 1.95. The number of ether oxygens (including phenoxy) is 1. The van der Waals surface area contributed by atoms with Crippen LogP contribution in [0.2, 0.25) is 0 Å². The normalized spacial score (nSPS) is 10.2. The molecule has 6 nitrogen and oxygen atoms in total. The Hall–Kier alpha value is -1.89. The first-order valence-electron chi connectivity index (χ1n) is 4.89. The number of nitrogens with zero attached hydrogens (tertiary/aromatic N) is 2. The topological polar surface area (TPSA) is 77.2 Å². The van der Waals surface area contributed by atoms with E-state index in [0.29, 0.717) is 17.4 Å². The van der Waals surface area contributed by atoms with Gasteiger partial charge in [-0.15, -0.1) is 11.3 Å². The van der Waals surface area contributed by atoms with Gasteiger partial charge in [0.2, 0.25) is 0 Å². The minimum atomic E-state index is -0.440. The standard InChI is InChI=1S/C10H11N3O3S/c1-6-3-7(16-13-6)4-11-10-12-8(5-17-10)9(14)15-2/h3,5H,4H2,1-2H3,(H,11,12). The number of esters is 1. The molecule has 7 heteroatoms. The van der Waals surface area contributed by atoms with Gasteiger partial charge in [0.15, 0.2) is 16.6 Å². The third-order valence-corrected chi connectivity index (χ3v) is 2.79. The van der Waals surface area contributed by atoms with Crippen LogP contribution in [0.3, 0.4) is 0 Å². The molecule has 0 saturated heterocycles. The summed E-state index contributed by atoms with van der Waals surface area (Å²) >= 11 is 1.33. The van der Waals surface area contributed by atoms with Crippen LogP contribution in [0.5, 0.6) is 0 Å². The van der Waals surface area contributed by atoms with Crippen molar-refractivity contribution < 1.29 is 14.1 Å². The molecule has 0 aromatic carbocycles. The average Bonchev–Trinajstić information content (AvgIpc) is 2.94. The maximum absolute atomic E-state index is 11.2. The zero-order valence-corrected chi connectivity index (χ0v) is 10.2. The van der Waals surface area contributed by atoms with E-state index in [1.54, 1.807) is 5.38 Å². The largest absolute Gasteiger partial charge is 0.464 e. The molecule has 0 fully saturated rings. The summed E-state index contributed by atoms with van der Waals surface area (Å²) in [5.74, 6) is 0.280. The smallest absolute Gasteiger partial charge is 0.357 e. The van der Waals surface area contributed by atoms with E-state index in [1.165, 1.54) is 18.4 Å². The lowest BCUT2D eigenvalue weighted by molar-refractivity contribution is 0.0595. The van der Waals surface area contributed by atoms with Crippen molar-refractivity contribution in [2.45, 2.75) is 13.5 Å². The molecule has 0 saturated carbocycles. The van der Waals surface area contributed by atoms with E-state index < -0.39 is 5.97 Å². The van der Waals surface area contributed by atoms with Gasteiger partial charge in [0.1, 0.15) is 0 Å². The highest BCUT2D eigenvalue weighted by Gasteiger charge is 2.10. The molecule has 1 N–H and O–H groups in total. The molecule has 17 heavy (non-hydrogen) atoms. The summed E-state index contributed by atoms with van der Waals surface area (Å²) in [5, 5.41) is 9.09. The Morgan fingerprint density at radius 3 is 3.12 bits per heavy atom. The summed E-state index contributed by atoms with van der Waals surface area (Å²) < 4.78 is 9.60. The summed E-state index contributed by atoms with van der Waals surface area (Å²) in [6.45, 7) is 2.33. The van der Waals surface area contributed by atoms with Crippen LogP contribution in [0.4, 0.5) is 5.13 Å². The van der Waals surface area contributed by atoms with Crippen LogP contribution in [0.15, 0.2) is 16.0 Å². The summed E-state index contributed by atoms with van der Waals surface area (Å²) in [5.41, 5.74) is 1.13. The Bertz CT molecular complexity index is 520. The highest BCUT2D eigenvalue weighted by atomic mass is 32.1. The third kappa shape index (κ3) is 2.82. The lowest BCUT2D eigenvalue weighted by Gasteiger charge is -1.97. The number of carbonyl (C=O) groups excluding carboxylic acids is 1. The molecule has 2 rings (SSSR count). The van der Waals surface area contributed by atoms with Crippen molar-refractivity contribution in [3.63, 3.8) is 0 Å². The average molecular weight is 253 g/mol. The Labute approximate surface area is 102 Å². The fourth-order valence-corrected chi connectivity index (χ4v) is 1.89. The number of aromatic nitrogens is 2. The Morgan fingerprint density at radius 1 is 1.65 bits per heavy atom. The van der Waals surface area contributed by atoms with Gasteiger partial charge in [-0.05, 0) is 6.92 Å². The van der Waals surface area contributed by atoms with E-state index in [2.05, 4.69) is 20.2 Å². The van der Waals surface area contributed by atoms with Crippen LogP contribution in [0, 0.1) is 6.92 Å². The van der Waals surface area contributed by atoms with Crippen molar-refractivity contribution in [2.75, 3.05) is 12.4 Å². The lowest BCUT2D eigenvalue weighted by Crippen LogP contribution is -2.02. The molecule has 2 heterocycles. The van der Waals surface area contributed by atoms with Gasteiger partial charge in [0.05, 0.1) is 19.3 Å². The number of rotatable bonds is 4. The predicted octanol–water partition coefficient (Wildman–Crippen LogP) is 1.84. The van der Waals surface area contributed by atoms with Crippen LogP contribution >= 0.6 is 11.3 Å². The van der Waals surface area contributed by atoms with Gasteiger partial charge in [0, 0.05) is 11.4 Å². The molecule has 2 aromatic rings. The fraction of sp³-hybridized carbons (Fsp3) is 0.300. The van der Waals surface area contributed by atoms with Crippen LogP contribution in [0.25, 0.3) is 0 Å². The molecule has 0 aliphatic rings. The molecule has 90 valence electrons. The maximum Gasteiger partial charge on any atom is 0.357 e. The highest BCUT2D eigenvalue weighted by molar-refractivity contribution is 7.13. The number of methoxy groups -OCH3 is 1. The van der Waals surface area contributed by atoms with Gasteiger partial charge in [-0.25, -0.2) is 9.78 Å². The fourth-order valence-electron chi connectivity index (χ4n) is 1.22. The third-order valence-electron chi connectivity index (χ3n) is 1.99. The zero-order valence-electron chi connectivity index (χ0n) is 9.39. The molecule has 0 spiro atoms. The maximum atomic E-state index is 11.2. The quantitative estimate of drug-likeness (QED) is 0.838. The van der Waals surface area contributed by atoms with Gasteiger partial charge in [-0.2, -0.15) is 0 Å². The van der Waals surface area contributed by atoms with Crippen molar-refractivity contribution in [1.29, 1.82) is 0 Å². The number of aryl methyl sites for hydroxylation is 1. The van der Waals surface area contributed by atoms with E-state index >= 15 is 0 Å². The van der Waals surface area contributed by atoms with Crippen molar-refractivity contribution in [1.82, 2.24) is 10.1 Å². The van der Waals surface area contributed by atoms with Crippen LogP contribution in [-0.4, -0.2) is 23.2 Å². The first-order chi connectivity index (χ1) is 8.19. The second-order valence-corrected chi connectivity index (χ2v) is 4.18. The summed E-state index contributed by atoms with van der Waals surface area (Å²) in [7, 11) is 1.33. The number of hydrogen-bond donors (Lipinski definition) is 1. The SMILES string of the molecule is COC(=O)c1csc(NCc2cc(C)no2)n1. The van der Waals surface area contributed by atoms with E-state index in [-0.39, 0.29) is 0 Å².